The van der Waals surface area contributed by atoms with E-state index in [2.05, 4.69) is 47.4 Å². The monoisotopic (exact) mass is 595 g/mol. The van der Waals surface area contributed by atoms with Crippen molar-refractivity contribution >= 4 is 10.8 Å². The van der Waals surface area contributed by atoms with Crippen molar-refractivity contribution in [3.05, 3.63) is 164 Å². The largest absolute Gasteiger partial charge is 0.208 e. The summed E-state index contributed by atoms with van der Waals surface area (Å²) in [5.41, 5.74) is 7.54. The molecule has 3 nitrogen and oxygen atoms in total. The molecule has 1 aliphatic carbocycles. The van der Waals surface area contributed by atoms with Crippen LogP contribution in [0.3, 0.4) is 0 Å². The van der Waals surface area contributed by atoms with Gasteiger partial charge in [-0.1, -0.05) is 157 Å². The zero-order chi connectivity index (χ0) is 39.2. The first-order valence-corrected chi connectivity index (χ1v) is 14.7. The maximum atomic E-state index is 8.75. The zero-order valence-corrected chi connectivity index (χ0v) is 24.2. The molecule has 0 saturated heterocycles. The van der Waals surface area contributed by atoms with Gasteiger partial charge in [0.15, 0.2) is 17.5 Å². The molecule has 0 aliphatic heterocycles. The fourth-order valence-electron chi connectivity index (χ4n) is 6.26. The first-order valence-electron chi connectivity index (χ1n) is 19.7. The Morgan fingerprint density at radius 3 is 1.46 bits per heavy atom. The van der Waals surface area contributed by atoms with E-state index in [1.54, 1.807) is 0 Å². The van der Waals surface area contributed by atoms with Gasteiger partial charge >= 0.3 is 0 Å². The number of benzene rings is 7. The number of rotatable bonds is 5. The fourth-order valence-corrected chi connectivity index (χ4v) is 6.26. The van der Waals surface area contributed by atoms with E-state index < -0.39 is 60.4 Å². The maximum absolute atomic E-state index is 8.75. The molecule has 214 valence electrons. The highest BCUT2D eigenvalue weighted by atomic mass is 15.0. The molecule has 0 fully saturated rings. The molecule has 9 rings (SSSR count). The predicted octanol–water partition coefficient (Wildman–Crippen LogP) is 11.0. The highest BCUT2D eigenvalue weighted by Gasteiger charge is 2.29. The maximum Gasteiger partial charge on any atom is 0.164 e. The second-order valence-electron chi connectivity index (χ2n) is 10.9. The summed E-state index contributed by atoms with van der Waals surface area (Å²) in [6.07, 6.45) is 0. The number of fused-ring (bicyclic) bond motifs is 3. The third kappa shape index (κ3) is 4.33. The van der Waals surface area contributed by atoms with Gasteiger partial charge in [-0.2, -0.15) is 0 Å². The van der Waals surface area contributed by atoms with Gasteiger partial charge < -0.3 is 0 Å². The van der Waals surface area contributed by atoms with Gasteiger partial charge in [-0.15, -0.1) is 0 Å². The van der Waals surface area contributed by atoms with Gasteiger partial charge in [0, 0.05) is 22.3 Å². The average Bonchev–Trinajstić information content (AvgIpc) is 3.57. The molecule has 0 N–H and O–H groups in total. The molecule has 0 saturated carbocycles. The third-order valence-electron chi connectivity index (χ3n) is 8.28. The molecule has 1 aliphatic rings. The minimum absolute atomic E-state index is 0.0238. The molecule has 8 aromatic rings. The molecule has 1 heterocycles. The van der Waals surface area contributed by atoms with Crippen molar-refractivity contribution in [3.63, 3.8) is 0 Å². The van der Waals surface area contributed by atoms with Gasteiger partial charge in [0.05, 0.1) is 13.7 Å². The molecule has 0 radical (unpaired) electrons. The highest BCUT2D eigenvalue weighted by molar-refractivity contribution is 6.20. The summed E-state index contributed by atoms with van der Waals surface area (Å²) < 4.78 is 84.8. The standard InChI is InChI=1S/C43H27N3/c1-4-12-28(13-5-1)29-22-24-30(25-23-29)34-26-27-37(40-36-21-11-19-31-18-10-20-35(38(31)36)39(34)40)43-45-41(32-14-6-2-7-15-32)44-42(46-43)33-16-8-3-9-17-33/h1-27H/i2D,3D,6D,7D,8D,9D,14D,15D,16D,17D. The molecule has 7 aromatic carbocycles. The Labute approximate surface area is 281 Å². The Balaban J connectivity index is 1.35. The van der Waals surface area contributed by atoms with E-state index in [-0.39, 0.29) is 28.6 Å². The topological polar surface area (TPSA) is 38.7 Å². The smallest absolute Gasteiger partial charge is 0.164 e. The number of hydrogen-bond donors (Lipinski definition) is 0. The van der Waals surface area contributed by atoms with Crippen molar-refractivity contribution < 1.29 is 13.7 Å². The number of hydrogen-bond acceptors (Lipinski definition) is 3. The summed E-state index contributed by atoms with van der Waals surface area (Å²) >= 11 is 0. The van der Waals surface area contributed by atoms with Gasteiger partial charge in [0.2, 0.25) is 0 Å². The third-order valence-corrected chi connectivity index (χ3v) is 8.28. The van der Waals surface area contributed by atoms with Gasteiger partial charge in [-0.3, -0.25) is 0 Å². The lowest BCUT2D eigenvalue weighted by atomic mass is 9.89. The molecule has 0 atom stereocenters. The van der Waals surface area contributed by atoms with Crippen LogP contribution in [0, 0.1) is 0 Å². The summed E-state index contributed by atoms with van der Waals surface area (Å²) in [7, 11) is 0. The Bertz CT molecular complexity index is 2820. The van der Waals surface area contributed by atoms with Crippen molar-refractivity contribution in [3.8, 4) is 78.7 Å². The second kappa shape index (κ2) is 10.8. The first kappa shape index (κ1) is 17.9. The van der Waals surface area contributed by atoms with Crippen LogP contribution in [-0.2, 0) is 0 Å². The van der Waals surface area contributed by atoms with Crippen molar-refractivity contribution in [2.45, 2.75) is 0 Å². The molecule has 46 heavy (non-hydrogen) atoms. The van der Waals surface area contributed by atoms with Crippen molar-refractivity contribution in [1.82, 2.24) is 15.0 Å². The van der Waals surface area contributed by atoms with Crippen LogP contribution in [0.5, 0.6) is 0 Å². The van der Waals surface area contributed by atoms with Crippen LogP contribution in [0.1, 0.15) is 13.7 Å². The molecule has 3 heteroatoms. The fraction of sp³-hybridized carbons (Fsp3) is 0. The average molecular weight is 596 g/mol. The van der Waals surface area contributed by atoms with Crippen molar-refractivity contribution in [2.75, 3.05) is 0 Å². The molecule has 0 spiro atoms. The van der Waals surface area contributed by atoms with Crippen LogP contribution >= 0.6 is 0 Å². The van der Waals surface area contributed by atoms with Crippen LogP contribution in [0.15, 0.2) is 164 Å². The first-order chi connectivity index (χ1) is 27.0. The van der Waals surface area contributed by atoms with E-state index in [4.69, 9.17) is 23.7 Å². The molecule has 0 bridgehead atoms. The van der Waals surface area contributed by atoms with Crippen LogP contribution < -0.4 is 0 Å². The van der Waals surface area contributed by atoms with E-state index in [1.165, 1.54) is 0 Å². The Hall–Kier alpha value is -6.19. The lowest BCUT2D eigenvalue weighted by molar-refractivity contribution is 1.07. The predicted molar refractivity (Wildman–Crippen MR) is 189 cm³/mol. The SMILES string of the molecule is [2H]c1c([2H])c([2H])c(-c2nc(-c3ccc(-c4ccc(-c5ccccc5)cc4)c4c3-c3cccc5cccc-4c35)nc(-c3c([2H])c([2H])c([2H])c([2H])c3[2H])n2)c([2H])c1[2H]. The highest BCUT2D eigenvalue weighted by Crippen LogP contribution is 2.54. The molecule has 0 unspecified atom stereocenters. The van der Waals surface area contributed by atoms with Crippen LogP contribution in [0.25, 0.3) is 89.4 Å². The molecule has 0 amide bonds. The lowest BCUT2D eigenvalue weighted by Crippen LogP contribution is -2.01. The Morgan fingerprint density at radius 1 is 0.348 bits per heavy atom. The Kier molecular flexibility index (Phi) is 4.20. The second-order valence-corrected chi connectivity index (χ2v) is 10.9. The normalized spacial score (nSPS) is 14.5. The van der Waals surface area contributed by atoms with E-state index in [0.29, 0.717) is 5.56 Å². The van der Waals surface area contributed by atoms with Crippen LogP contribution in [0.2, 0.25) is 0 Å². The van der Waals surface area contributed by atoms with Gasteiger partial charge in [0.25, 0.3) is 0 Å². The van der Waals surface area contributed by atoms with Crippen molar-refractivity contribution in [1.29, 1.82) is 0 Å². The van der Waals surface area contributed by atoms with E-state index in [9.17, 15) is 0 Å². The number of aromatic nitrogens is 3. The summed E-state index contributed by atoms with van der Waals surface area (Å²) in [6.45, 7) is 0. The van der Waals surface area contributed by atoms with E-state index in [1.807, 2.05) is 60.7 Å². The quantitative estimate of drug-likeness (QED) is 0.199. The number of nitrogens with zero attached hydrogens (tertiary/aromatic N) is 3. The van der Waals surface area contributed by atoms with Crippen LogP contribution in [-0.4, -0.2) is 15.0 Å². The van der Waals surface area contributed by atoms with E-state index in [0.717, 1.165) is 55.3 Å². The Morgan fingerprint density at radius 2 is 0.848 bits per heavy atom. The minimum Gasteiger partial charge on any atom is -0.208 e. The lowest BCUT2D eigenvalue weighted by Gasteiger charge is -2.16. The summed E-state index contributed by atoms with van der Waals surface area (Å²) in [6, 6.07) is 28.5. The zero-order valence-electron chi connectivity index (χ0n) is 34.2. The van der Waals surface area contributed by atoms with Gasteiger partial charge in [-0.05, 0) is 55.8 Å². The molecular weight excluding hydrogens is 558 g/mol. The molecule has 1 aromatic heterocycles. The van der Waals surface area contributed by atoms with Gasteiger partial charge in [0.1, 0.15) is 0 Å². The minimum atomic E-state index is -0.599. The van der Waals surface area contributed by atoms with Crippen molar-refractivity contribution in [2.24, 2.45) is 0 Å². The van der Waals surface area contributed by atoms with E-state index >= 15 is 0 Å². The summed E-state index contributed by atoms with van der Waals surface area (Å²) in [5.74, 6) is -0.593. The van der Waals surface area contributed by atoms with Gasteiger partial charge in [-0.25, -0.2) is 15.0 Å². The summed E-state index contributed by atoms with van der Waals surface area (Å²) in [4.78, 5) is 14.0. The summed E-state index contributed by atoms with van der Waals surface area (Å²) in [5, 5.41) is 2.04. The van der Waals surface area contributed by atoms with Crippen LogP contribution in [0.4, 0.5) is 0 Å². The molecular formula is C43H27N3.